The molecule has 0 radical (unpaired) electrons. The van der Waals surface area contributed by atoms with Crippen LogP contribution in [-0.2, 0) is 0 Å². The fourth-order valence-corrected chi connectivity index (χ4v) is 9.30. The van der Waals surface area contributed by atoms with E-state index in [1.165, 1.54) is 12.8 Å². The third kappa shape index (κ3) is 6.45. The molecule has 1 atom stereocenters. The summed E-state index contributed by atoms with van der Waals surface area (Å²) in [6, 6.07) is 16.8. The van der Waals surface area contributed by atoms with Gasteiger partial charge in [-0.2, -0.15) is 5.26 Å². The topological polar surface area (TPSA) is 93.0 Å². The van der Waals surface area contributed by atoms with Gasteiger partial charge in [0.2, 0.25) is 5.90 Å². The van der Waals surface area contributed by atoms with Crippen LogP contribution in [0.4, 0.5) is 0 Å². The van der Waals surface area contributed by atoms with Crippen LogP contribution >= 0.6 is 11.6 Å². The lowest BCUT2D eigenvalue weighted by Crippen LogP contribution is -2.67. The summed E-state index contributed by atoms with van der Waals surface area (Å²) in [5, 5.41) is 24.2. The summed E-state index contributed by atoms with van der Waals surface area (Å²) in [5.74, 6) is 1.74. The average molecular weight is 631 g/mol. The minimum absolute atomic E-state index is 0.0631. The fraction of sp³-hybridized carbons (Fsp3) is 0.583. The van der Waals surface area contributed by atoms with Crippen molar-refractivity contribution in [3.63, 3.8) is 0 Å². The summed E-state index contributed by atoms with van der Waals surface area (Å²) < 4.78 is 6.67. The Labute approximate surface area is 273 Å². The predicted octanol–water partition coefficient (Wildman–Crippen LogP) is 5.92. The molecule has 1 unspecified atom stereocenters. The number of hydrogen-bond acceptors (Lipinski definition) is 7. The lowest BCUT2D eigenvalue weighted by Gasteiger charge is -2.60. The molecule has 9 heteroatoms. The number of hydrogen-bond donors (Lipinski definition) is 2. The van der Waals surface area contributed by atoms with Gasteiger partial charge in [-0.1, -0.05) is 57.5 Å². The van der Waals surface area contributed by atoms with E-state index < -0.39 is 5.54 Å². The van der Waals surface area contributed by atoms with Crippen molar-refractivity contribution < 1.29 is 9.53 Å². The monoisotopic (exact) mass is 630 g/mol. The number of likely N-dealkylation sites (tertiary alicyclic amines) is 1. The Kier molecular flexibility index (Phi) is 8.91. The van der Waals surface area contributed by atoms with Crippen LogP contribution in [-0.4, -0.2) is 72.6 Å². The number of ether oxygens (including phenoxy) is 1. The zero-order valence-corrected chi connectivity index (χ0v) is 27.9. The largest absolute Gasteiger partial charge is 0.439 e. The minimum Gasteiger partial charge on any atom is -0.439 e. The number of nitrogens with one attached hydrogen (secondary N) is 2. The van der Waals surface area contributed by atoms with Gasteiger partial charge in [0.1, 0.15) is 17.4 Å². The molecule has 2 aromatic carbocycles. The number of halogens is 1. The number of nitriles is 1. The predicted molar refractivity (Wildman–Crippen MR) is 178 cm³/mol. The van der Waals surface area contributed by atoms with Gasteiger partial charge in [0, 0.05) is 18.2 Å². The minimum atomic E-state index is -0.837. The Morgan fingerprint density at radius 1 is 1.07 bits per heavy atom. The average Bonchev–Trinajstić information content (AvgIpc) is 3.34. The summed E-state index contributed by atoms with van der Waals surface area (Å²) in [6.07, 6.45) is 5.42. The van der Waals surface area contributed by atoms with Gasteiger partial charge in [-0.3, -0.25) is 9.80 Å². The maximum absolute atomic E-state index is 14.0. The van der Waals surface area contributed by atoms with E-state index in [4.69, 9.17) is 21.4 Å². The number of carbonyl (C=O) groups excluding carboxylic acids is 1. The van der Waals surface area contributed by atoms with Gasteiger partial charge in [-0.25, -0.2) is 0 Å². The Hall–Kier alpha value is -3.12. The molecule has 3 aliphatic heterocycles. The van der Waals surface area contributed by atoms with E-state index in [2.05, 4.69) is 54.3 Å². The molecule has 6 rings (SSSR count). The summed E-state index contributed by atoms with van der Waals surface area (Å²) in [5.41, 5.74) is 0.294. The third-order valence-corrected chi connectivity index (χ3v) is 10.9. The van der Waals surface area contributed by atoms with Crippen molar-refractivity contribution in [1.29, 1.82) is 5.26 Å². The second kappa shape index (κ2) is 12.6. The molecule has 2 aromatic rings. The van der Waals surface area contributed by atoms with Gasteiger partial charge in [0.25, 0.3) is 5.91 Å². The molecular weight excluding hydrogens is 584 g/mol. The lowest BCUT2D eigenvalue weighted by molar-refractivity contribution is -0.114. The Morgan fingerprint density at radius 2 is 1.76 bits per heavy atom. The van der Waals surface area contributed by atoms with E-state index >= 15 is 0 Å². The Balaban J connectivity index is 1.35. The molecule has 45 heavy (non-hydrogen) atoms. The number of hydrazone groups is 1. The molecule has 3 heterocycles. The van der Waals surface area contributed by atoms with Crippen LogP contribution in [0.15, 0.2) is 53.6 Å². The van der Waals surface area contributed by atoms with Crippen molar-refractivity contribution in [3.8, 4) is 11.8 Å². The third-order valence-electron chi connectivity index (χ3n) is 10.6. The van der Waals surface area contributed by atoms with E-state index in [-0.39, 0.29) is 28.7 Å². The quantitative estimate of drug-likeness (QED) is 0.394. The van der Waals surface area contributed by atoms with Crippen LogP contribution in [0.1, 0.15) is 75.7 Å². The molecule has 2 saturated heterocycles. The van der Waals surface area contributed by atoms with Crippen LogP contribution in [0.2, 0.25) is 5.02 Å². The zero-order valence-electron chi connectivity index (χ0n) is 27.1. The number of rotatable bonds is 7. The highest BCUT2D eigenvalue weighted by Gasteiger charge is 2.61. The lowest BCUT2D eigenvalue weighted by atomic mass is 9.51. The van der Waals surface area contributed by atoms with Crippen LogP contribution in [0.25, 0.3) is 0 Å². The smallest absolute Gasteiger partial charge is 0.252 e. The second-order valence-electron chi connectivity index (χ2n) is 15.0. The zero-order chi connectivity index (χ0) is 31.8. The normalized spacial score (nSPS) is 25.7. The van der Waals surface area contributed by atoms with Gasteiger partial charge in [-0.05, 0) is 105 Å². The first-order valence-corrected chi connectivity index (χ1v) is 16.9. The number of nitrogens with zero attached hydrogens (tertiary/aromatic N) is 4. The Bertz CT molecular complexity index is 1440. The summed E-state index contributed by atoms with van der Waals surface area (Å²) in [4.78, 5) is 16.6. The molecule has 0 aromatic heterocycles. The summed E-state index contributed by atoms with van der Waals surface area (Å²) >= 11 is 6.45. The van der Waals surface area contributed by atoms with Crippen molar-refractivity contribution in [1.82, 2.24) is 20.5 Å². The highest BCUT2D eigenvalue weighted by Crippen LogP contribution is 2.57. The molecular formula is C36H47ClN6O2. The van der Waals surface area contributed by atoms with E-state index in [1.54, 1.807) is 18.2 Å². The number of benzene rings is 2. The van der Waals surface area contributed by atoms with E-state index in [0.717, 1.165) is 57.9 Å². The molecule has 0 spiro atoms. The van der Waals surface area contributed by atoms with Crippen LogP contribution in [0.3, 0.4) is 0 Å². The first-order valence-electron chi connectivity index (χ1n) is 16.5. The van der Waals surface area contributed by atoms with Crippen LogP contribution < -0.4 is 15.4 Å². The molecule has 1 amide bonds. The first kappa shape index (κ1) is 31.8. The van der Waals surface area contributed by atoms with Gasteiger partial charge in [-0.15, -0.1) is 5.10 Å². The molecule has 8 nitrogen and oxygen atoms in total. The molecule has 2 N–H and O–H groups in total. The van der Waals surface area contributed by atoms with E-state index in [9.17, 15) is 10.1 Å². The van der Waals surface area contributed by atoms with E-state index in [0.29, 0.717) is 34.3 Å². The van der Waals surface area contributed by atoms with E-state index in [1.807, 2.05) is 30.3 Å². The Morgan fingerprint density at radius 3 is 2.38 bits per heavy atom. The first-order chi connectivity index (χ1) is 21.5. The highest BCUT2D eigenvalue weighted by molar-refractivity contribution is 6.31. The van der Waals surface area contributed by atoms with Crippen molar-refractivity contribution in [3.05, 3.63) is 64.7 Å². The van der Waals surface area contributed by atoms with Crippen LogP contribution in [0, 0.1) is 34.0 Å². The van der Waals surface area contributed by atoms with Crippen molar-refractivity contribution >= 4 is 23.4 Å². The second-order valence-corrected chi connectivity index (χ2v) is 15.4. The van der Waals surface area contributed by atoms with Crippen molar-refractivity contribution in [2.45, 2.75) is 71.4 Å². The maximum Gasteiger partial charge on any atom is 0.252 e. The molecule has 0 bridgehead atoms. The molecule has 1 saturated carbocycles. The highest BCUT2D eigenvalue weighted by atomic mass is 35.5. The standard InChI is InChI=1S/C36H47ClN6O2/c1-34(2)23-35(3,4)32(34)43-24-36(40-31(44)26-8-6-5-7-9-26,33(41-43)45-29-11-10-27(21-38)30(37)20-29)28-14-18-42(19-15-28)22-25-12-16-39-17-13-25/h5-11,20,25,28,32,39H,12-19,22-24H2,1-4H3,(H,40,44). The van der Waals surface area contributed by atoms with Crippen molar-refractivity contribution in [2.24, 2.45) is 27.8 Å². The van der Waals surface area contributed by atoms with Gasteiger partial charge in [0.05, 0.1) is 23.2 Å². The van der Waals surface area contributed by atoms with Crippen LogP contribution in [0.5, 0.6) is 5.75 Å². The fourth-order valence-electron chi connectivity index (χ4n) is 9.09. The summed E-state index contributed by atoms with van der Waals surface area (Å²) in [7, 11) is 0. The SMILES string of the molecule is CC1(C)CC(C)(C)C1N1CC(NC(=O)c2ccccc2)(C2CCN(CC3CCNCC3)CC2)C(Oc2ccc(C#N)c(Cl)c2)=N1. The summed E-state index contributed by atoms with van der Waals surface area (Å²) in [6.45, 7) is 15.1. The molecule has 240 valence electrons. The van der Waals surface area contributed by atoms with Crippen molar-refractivity contribution in [2.75, 3.05) is 39.3 Å². The number of piperidine rings is 2. The van der Waals surface area contributed by atoms with Gasteiger partial charge in [0.15, 0.2) is 0 Å². The molecule has 3 fully saturated rings. The van der Waals surface area contributed by atoms with Gasteiger partial charge >= 0.3 is 0 Å². The maximum atomic E-state index is 14.0. The molecule has 4 aliphatic rings. The van der Waals surface area contributed by atoms with Gasteiger partial charge < -0.3 is 20.3 Å². The molecule has 1 aliphatic carbocycles. The number of amides is 1. The number of carbonyl (C=O) groups is 1.